The van der Waals surface area contributed by atoms with Crippen LogP contribution >= 0.6 is 23.1 Å². The van der Waals surface area contributed by atoms with Crippen molar-refractivity contribution in [3.8, 4) is 5.75 Å². The van der Waals surface area contributed by atoms with Crippen LogP contribution in [0.4, 0.5) is 5.82 Å². The highest BCUT2D eigenvalue weighted by Crippen LogP contribution is 2.30. The fourth-order valence-corrected chi connectivity index (χ4v) is 4.35. The minimum atomic E-state index is -0.606. The number of nitro groups is 1. The van der Waals surface area contributed by atoms with E-state index in [9.17, 15) is 14.9 Å². The molecule has 0 atom stereocenters. The van der Waals surface area contributed by atoms with Gasteiger partial charge in [0.2, 0.25) is 0 Å². The van der Waals surface area contributed by atoms with Gasteiger partial charge in [-0.3, -0.25) is 4.79 Å². The van der Waals surface area contributed by atoms with Crippen LogP contribution in [-0.4, -0.2) is 44.1 Å². The third-order valence-corrected chi connectivity index (χ3v) is 6.04. The molecule has 31 heavy (non-hydrogen) atoms. The molecule has 11 nitrogen and oxygen atoms in total. The van der Waals surface area contributed by atoms with Gasteiger partial charge in [0.15, 0.2) is 4.34 Å². The number of hydrogen-bond donors (Lipinski definition) is 1. The van der Waals surface area contributed by atoms with Crippen LogP contribution in [0.25, 0.3) is 0 Å². The summed E-state index contributed by atoms with van der Waals surface area (Å²) in [6.07, 6.45) is 1.51. The largest absolute Gasteiger partial charge is 0.496 e. The number of benzene rings is 1. The van der Waals surface area contributed by atoms with Crippen molar-refractivity contribution in [3.05, 3.63) is 56.2 Å². The number of carbonyl (C=O) groups excluding carboxylic acids is 1. The molecule has 1 aromatic carbocycles. The van der Waals surface area contributed by atoms with Crippen molar-refractivity contribution in [3.63, 3.8) is 0 Å². The van der Waals surface area contributed by atoms with Crippen molar-refractivity contribution < 1.29 is 14.5 Å². The molecule has 1 amide bonds. The van der Waals surface area contributed by atoms with E-state index in [1.807, 2.05) is 25.1 Å². The molecule has 2 aromatic heterocycles. The Bertz CT molecular complexity index is 1130. The Kier molecular flexibility index (Phi) is 7.31. The predicted molar refractivity (Wildman–Crippen MR) is 117 cm³/mol. The first-order chi connectivity index (χ1) is 14.9. The molecule has 0 aliphatic heterocycles. The lowest BCUT2D eigenvalue weighted by Gasteiger charge is -2.08. The Labute approximate surface area is 185 Å². The van der Waals surface area contributed by atoms with Crippen molar-refractivity contribution in [2.24, 2.45) is 5.10 Å². The van der Waals surface area contributed by atoms with Crippen LogP contribution in [0, 0.1) is 24.0 Å². The molecule has 0 saturated heterocycles. The van der Waals surface area contributed by atoms with Gasteiger partial charge in [0.25, 0.3) is 5.91 Å². The lowest BCUT2D eigenvalue weighted by Crippen LogP contribution is -2.24. The van der Waals surface area contributed by atoms with Crippen LogP contribution in [0.3, 0.4) is 0 Å². The number of nitrogens with zero attached hydrogens (tertiary/aromatic N) is 6. The van der Waals surface area contributed by atoms with Gasteiger partial charge in [0, 0.05) is 11.3 Å². The van der Waals surface area contributed by atoms with Crippen LogP contribution < -0.4 is 10.2 Å². The zero-order valence-corrected chi connectivity index (χ0v) is 18.6. The highest BCUT2D eigenvalue weighted by Gasteiger charge is 2.17. The number of hydrogen-bond acceptors (Lipinski definition) is 10. The third-order valence-electron chi connectivity index (χ3n) is 4.01. The molecule has 13 heteroatoms. The second-order valence-electron chi connectivity index (χ2n) is 6.30. The molecule has 2 heterocycles. The molecule has 0 radical (unpaired) electrons. The number of aromatic nitrogens is 4. The Morgan fingerprint density at radius 1 is 1.39 bits per heavy atom. The van der Waals surface area contributed by atoms with E-state index in [4.69, 9.17) is 4.74 Å². The maximum atomic E-state index is 12.1. The van der Waals surface area contributed by atoms with Gasteiger partial charge < -0.3 is 14.9 Å². The Balaban J connectivity index is 1.60. The number of rotatable bonds is 9. The van der Waals surface area contributed by atoms with Crippen LogP contribution in [-0.2, 0) is 17.1 Å². The summed E-state index contributed by atoms with van der Waals surface area (Å²) in [6, 6.07) is 6.86. The zero-order chi connectivity index (χ0) is 22.4. The maximum absolute atomic E-state index is 12.1. The summed E-state index contributed by atoms with van der Waals surface area (Å²) in [5.41, 5.74) is 4.64. The van der Waals surface area contributed by atoms with Crippen LogP contribution in [0.1, 0.15) is 21.8 Å². The quantitative estimate of drug-likeness (QED) is 0.222. The SMILES string of the molecule is COc1ccc(/C=N\NC(=O)Cn2nc([N+](=O)[O-])cc2C)cc1CSc1nnc(C)s1. The molecule has 0 fully saturated rings. The zero-order valence-electron chi connectivity index (χ0n) is 16.9. The molecular weight excluding hydrogens is 442 g/mol. The van der Waals surface area contributed by atoms with Crippen molar-refractivity contribution in [1.29, 1.82) is 0 Å². The van der Waals surface area contributed by atoms with Gasteiger partial charge in [-0.05, 0) is 42.5 Å². The summed E-state index contributed by atoms with van der Waals surface area (Å²) in [6.45, 7) is 3.36. The monoisotopic (exact) mass is 461 g/mol. The molecule has 0 bridgehead atoms. The Morgan fingerprint density at radius 3 is 2.84 bits per heavy atom. The fraction of sp³-hybridized carbons (Fsp3) is 0.278. The van der Waals surface area contributed by atoms with Gasteiger partial charge in [0.05, 0.1) is 30.2 Å². The van der Waals surface area contributed by atoms with E-state index in [1.54, 1.807) is 25.8 Å². The Hall–Kier alpha value is -3.32. The topological polar surface area (TPSA) is 137 Å². The lowest BCUT2D eigenvalue weighted by atomic mass is 10.1. The summed E-state index contributed by atoms with van der Waals surface area (Å²) >= 11 is 3.09. The first-order valence-electron chi connectivity index (χ1n) is 8.96. The second-order valence-corrected chi connectivity index (χ2v) is 8.70. The van der Waals surface area contributed by atoms with Gasteiger partial charge in [0.1, 0.15) is 17.3 Å². The van der Waals surface area contributed by atoms with E-state index in [0.717, 1.165) is 26.2 Å². The van der Waals surface area contributed by atoms with E-state index in [2.05, 4.69) is 25.8 Å². The molecule has 3 aromatic rings. The molecule has 0 unspecified atom stereocenters. The predicted octanol–water partition coefficient (Wildman–Crippen LogP) is 2.71. The fourth-order valence-electron chi connectivity index (χ4n) is 2.56. The second kappa shape index (κ2) is 10.1. The molecule has 0 saturated carbocycles. The third kappa shape index (κ3) is 6.08. The van der Waals surface area contributed by atoms with E-state index in [0.29, 0.717) is 11.4 Å². The summed E-state index contributed by atoms with van der Waals surface area (Å²) in [7, 11) is 1.61. The van der Waals surface area contributed by atoms with Crippen LogP contribution in [0.5, 0.6) is 5.75 Å². The van der Waals surface area contributed by atoms with Crippen LogP contribution in [0.2, 0.25) is 0 Å². The summed E-state index contributed by atoms with van der Waals surface area (Å²) < 4.78 is 7.54. The van der Waals surface area contributed by atoms with Gasteiger partial charge in [-0.2, -0.15) is 9.78 Å². The molecular formula is C18H19N7O4S2. The molecule has 1 N–H and O–H groups in total. The summed E-state index contributed by atoms with van der Waals surface area (Å²) in [5.74, 6) is 0.628. The average molecular weight is 462 g/mol. The van der Waals surface area contributed by atoms with E-state index >= 15 is 0 Å². The highest BCUT2D eigenvalue weighted by atomic mass is 32.2. The number of amides is 1. The average Bonchev–Trinajstić information content (AvgIpc) is 3.32. The van der Waals surface area contributed by atoms with E-state index in [1.165, 1.54) is 28.3 Å². The first-order valence-corrected chi connectivity index (χ1v) is 10.8. The lowest BCUT2D eigenvalue weighted by molar-refractivity contribution is -0.389. The van der Waals surface area contributed by atoms with Crippen LogP contribution in [0.15, 0.2) is 33.7 Å². The van der Waals surface area contributed by atoms with Gasteiger partial charge >= 0.3 is 5.82 Å². The molecule has 0 aliphatic rings. The standard InChI is InChI=1S/C18H19N7O4S2/c1-11-6-16(25(27)28)23-24(11)9-17(26)21-19-8-13-4-5-15(29-3)14(7-13)10-30-18-22-20-12(2)31-18/h4-8H,9-10H2,1-3H3,(H,21,26)/b19-8-. The normalized spacial score (nSPS) is 11.1. The number of ether oxygens (including phenoxy) is 1. The highest BCUT2D eigenvalue weighted by molar-refractivity contribution is 8.00. The number of hydrazone groups is 1. The summed E-state index contributed by atoms with van der Waals surface area (Å²) in [5, 5.41) is 27.5. The minimum Gasteiger partial charge on any atom is -0.496 e. The van der Waals surface area contributed by atoms with Crippen molar-refractivity contribution in [1.82, 2.24) is 25.4 Å². The van der Waals surface area contributed by atoms with E-state index in [-0.39, 0.29) is 12.4 Å². The first kappa shape index (κ1) is 22.4. The van der Waals surface area contributed by atoms with Crippen molar-refractivity contribution in [2.45, 2.75) is 30.5 Å². The number of nitrogens with one attached hydrogen (secondary N) is 1. The number of thioether (sulfide) groups is 1. The summed E-state index contributed by atoms with van der Waals surface area (Å²) in [4.78, 5) is 22.2. The molecule has 0 aliphatic carbocycles. The molecule has 3 rings (SSSR count). The number of methoxy groups -OCH3 is 1. The smallest absolute Gasteiger partial charge is 0.390 e. The van der Waals surface area contributed by atoms with Gasteiger partial charge in [-0.15, -0.1) is 10.2 Å². The van der Waals surface area contributed by atoms with Gasteiger partial charge in [-0.1, -0.05) is 23.1 Å². The number of aryl methyl sites for hydroxylation is 2. The maximum Gasteiger partial charge on any atom is 0.390 e. The molecule has 0 spiro atoms. The Morgan fingerprint density at radius 2 is 2.19 bits per heavy atom. The molecule has 162 valence electrons. The number of carbonyl (C=O) groups is 1. The van der Waals surface area contributed by atoms with Crippen molar-refractivity contribution in [2.75, 3.05) is 7.11 Å². The van der Waals surface area contributed by atoms with Crippen molar-refractivity contribution >= 4 is 41.0 Å². The minimum absolute atomic E-state index is 0.178. The van der Waals surface area contributed by atoms with Gasteiger partial charge in [-0.25, -0.2) is 5.43 Å². The van der Waals surface area contributed by atoms with E-state index < -0.39 is 10.8 Å².